The first-order chi connectivity index (χ1) is 9.04. The Balaban J connectivity index is 2.53. The lowest BCUT2D eigenvalue weighted by atomic mass is 9.95. The molecule has 6 nitrogen and oxygen atoms in total. The zero-order valence-corrected chi connectivity index (χ0v) is 11.0. The van der Waals surface area contributed by atoms with Gasteiger partial charge < -0.3 is 15.7 Å². The first-order valence-electron chi connectivity index (χ1n) is 6.44. The Bertz CT molecular complexity index is 406. The highest BCUT2D eigenvalue weighted by atomic mass is 16.4. The van der Waals surface area contributed by atoms with Crippen LogP contribution in [-0.2, 0) is 9.59 Å². The Morgan fingerprint density at radius 2 is 2.00 bits per heavy atom. The van der Waals surface area contributed by atoms with Gasteiger partial charge >= 0.3 is 5.97 Å². The van der Waals surface area contributed by atoms with Crippen molar-refractivity contribution in [2.24, 2.45) is 0 Å². The number of nitriles is 1. The third kappa shape index (κ3) is 5.00. The molecule has 1 atom stereocenters. The number of carboxylic acids is 1. The number of hydrogen-bond donors (Lipinski definition) is 3. The molecule has 0 spiro atoms. The molecule has 6 heteroatoms. The summed E-state index contributed by atoms with van der Waals surface area (Å²) in [5.41, 5.74) is -0.0985. The van der Waals surface area contributed by atoms with E-state index in [1.807, 2.05) is 0 Å². The minimum absolute atomic E-state index is 0.0985. The van der Waals surface area contributed by atoms with Gasteiger partial charge in [-0.3, -0.25) is 9.59 Å². The van der Waals surface area contributed by atoms with Gasteiger partial charge in [-0.05, 0) is 19.8 Å². The summed E-state index contributed by atoms with van der Waals surface area (Å²) in [6.45, 7) is 1.44. The molecule has 0 aromatic heterocycles. The van der Waals surface area contributed by atoms with E-state index in [0.717, 1.165) is 31.9 Å². The molecule has 0 aromatic rings. The van der Waals surface area contributed by atoms with Crippen molar-refractivity contribution in [1.82, 2.24) is 10.6 Å². The third-order valence-electron chi connectivity index (χ3n) is 3.15. The largest absolute Gasteiger partial charge is 0.480 e. The average Bonchev–Trinajstić information content (AvgIpc) is 2.40. The molecule has 19 heavy (non-hydrogen) atoms. The van der Waals surface area contributed by atoms with E-state index in [1.54, 1.807) is 6.07 Å². The van der Waals surface area contributed by atoms with Crippen LogP contribution in [0.5, 0.6) is 0 Å². The molecule has 1 aliphatic carbocycles. The van der Waals surface area contributed by atoms with Gasteiger partial charge in [-0.15, -0.1) is 0 Å². The Kier molecular flexibility index (Phi) is 5.86. The Morgan fingerprint density at radius 3 is 2.53 bits per heavy atom. The minimum atomic E-state index is -1.04. The van der Waals surface area contributed by atoms with E-state index in [-0.39, 0.29) is 11.6 Å². The zero-order chi connectivity index (χ0) is 14.3. The number of rotatable bonds is 5. The van der Waals surface area contributed by atoms with Gasteiger partial charge in [0.15, 0.2) is 0 Å². The Labute approximate surface area is 112 Å². The maximum atomic E-state index is 11.8. The number of hydrogen-bond acceptors (Lipinski definition) is 4. The lowest BCUT2D eigenvalue weighted by Gasteiger charge is -2.22. The van der Waals surface area contributed by atoms with Gasteiger partial charge in [-0.1, -0.05) is 19.3 Å². The number of aliphatic carboxylic acids is 1. The van der Waals surface area contributed by atoms with Crippen LogP contribution in [0.3, 0.4) is 0 Å². The van der Waals surface area contributed by atoms with Crippen molar-refractivity contribution in [2.75, 3.05) is 0 Å². The molecular weight excluding hydrogens is 246 g/mol. The van der Waals surface area contributed by atoms with Crippen molar-refractivity contribution >= 4 is 11.9 Å². The summed E-state index contributed by atoms with van der Waals surface area (Å²) < 4.78 is 0. The van der Waals surface area contributed by atoms with E-state index >= 15 is 0 Å². The number of carbonyl (C=O) groups is 2. The van der Waals surface area contributed by atoms with Crippen molar-refractivity contribution in [2.45, 2.75) is 51.1 Å². The fraction of sp³-hybridized carbons (Fsp3) is 0.615. The molecule has 0 aromatic carbocycles. The molecule has 1 amide bonds. The van der Waals surface area contributed by atoms with Crippen LogP contribution in [0, 0.1) is 11.3 Å². The summed E-state index contributed by atoms with van der Waals surface area (Å²) in [7, 11) is 0. The number of carbonyl (C=O) groups excluding carboxylic acids is 1. The van der Waals surface area contributed by atoms with Crippen molar-refractivity contribution in [3.8, 4) is 6.07 Å². The highest BCUT2D eigenvalue weighted by molar-refractivity contribution is 5.97. The van der Waals surface area contributed by atoms with Crippen LogP contribution < -0.4 is 10.6 Å². The molecule has 1 aliphatic rings. The molecule has 104 valence electrons. The van der Waals surface area contributed by atoms with Gasteiger partial charge in [0.25, 0.3) is 5.91 Å². The lowest BCUT2D eigenvalue weighted by molar-refractivity contribution is -0.138. The summed E-state index contributed by atoms with van der Waals surface area (Å²) in [6.07, 6.45) is 6.39. The predicted molar refractivity (Wildman–Crippen MR) is 68.9 cm³/mol. The minimum Gasteiger partial charge on any atom is -0.480 e. The number of carboxylic acid groups (broad SMARTS) is 1. The van der Waals surface area contributed by atoms with E-state index in [1.165, 1.54) is 13.3 Å². The average molecular weight is 265 g/mol. The van der Waals surface area contributed by atoms with Crippen molar-refractivity contribution < 1.29 is 14.7 Å². The monoisotopic (exact) mass is 265 g/mol. The van der Waals surface area contributed by atoms with Gasteiger partial charge in [0.1, 0.15) is 17.7 Å². The molecule has 0 saturated heterocycles. The van der Waals surface area contributed by atoms with Crippen LogP contribution in [0.1, 0.15) is 39.0 Å². The van der Waals surface area contributed by atoms with Gasteiger partial charge in [-0.2, -0.15) is 5.26 Å². The first-order valence-corrected chi connectivity index (χ1v) is 6.44. The standard InChI is InChI=1S/C13H19N3O3/c1-9(13(18)19)15-8-10(7-14)12(17)16-11-5-3-2-4-6-11/h8-9,11,15H,2-6H2,1H3,(H,16,17)(H,18,19)/b10-8-. The van der Waals surface area contributed by atoms with Crippen LogP contribution in [0.25, 0.3) is 0 Å². The van der Waals surface area contributed by atoms with E-state index < -0.39 is 17.9 Å². The second-order valence-corrected chi connectivity index (χ2v) is 4.70. The third-order valence-corrected chi connectivity index (χ3v) is 3.15. The quantitative estimate of drug-likeness (QED) is 0.506. The number of amides is 1. The molecule has 1 fully saturated rings. The van der Waals surface area contributed by atoms with Crippen molar-refractivity contribution in [1.29, 1.82) is 5.26 Å². The molecule has 1 unspecified atom stereocenters. The smallest absolute Gasteiger partial charge is 0.325 e. The molecule has 0 aliphatic heterocycles. The highest BCUT2D eigenvalue weighted by Crippen LogP contribution is 2.17. The van der Waals surface area contributed by atoms with Crippen LogP contribution in [0.2, 0.25) is 0 Å². The summed E-state index contributed by atoms with van der Waals surface area (Å²) in [5, 5.41) is 22.9. The Morgan fingerprint density at radius 1 is 1.37 bits per heavy atom. The fourth-order valence-corrected chi connectivity index (χ4v) is 1.94. The fourth-order valence-electron chi connectivity index (χ4n) is 1.94. The summed E-state index contributed by atoms with van der Waals surface area (Å²) >= 11 is 0. The number of nitrogens with zero attached hydrogens (tertiary/aromatic N) is 1. The molecule has 1 saturated carbocycles. The van der Waals surface area contributed by atoms with Crippen LogP contribution in [0.4, 0.5) is 0 Å². The van der Waals surface area contributed by atoms with Gasteiger partial charge in [0.2, 0.25) is 0 Å². The van der Waals surface area contributed by atoms with Gasteiger partial charge in [0, 0.05) is 12.2 Å². The van der Waals surface area contributed by atoms with E-state index in [0.29, 0.717) is 0 Å². The zero-order valence-electron chi connectivity index (χ0n) is 11.0. The summed E-state index contributed by atoms with van der Waals surface area (Å²) in [4.78, 5) is 22.4. The second kappa shape index (κ2) is 7.41. The predicted octanol–water partition coefficient (Wildman–Crippen LogP) is 0.905. The molecule has 0 bridgehead atoms. The maximum absolute atomic E-state index is 11.8. The summed E-state index contributed by atoms with van der Waals surface area (Å²) in [5.74, 6) is -1.49. The van der Waals surface area contributed by atoms with E-state index in [9.17, 15) is 9.59 Å². The first kappa shape index (κ1) is 15.0. The van der Waals surface area contributed by atoms with Crippen LogP contribution in [-0.4, -0.2) is 29.1 Å². The highest BCUT2D eigenvalue weighted by Gasteiger charge is 2.18. The van der Waals surface area contributed by atoms with Gasteiger partial charge in [0.05, 0.1) is 0 Å². The lowest BCUT2D eigenvalue weighted by Crippen LogP contribution is -2.37. The molecular formula is C13H19N3O3. The van der Waals surface area contributed by atoms with E-state index in [4.69, 9.17) is 10.4 Å². The second-order valence-electron chi connectivity index (χ2n) is 4.70. The summed E-state index contributed by atoms with van der Waals surface area (Å²) in [6, 6.07) is 1.06. The van der Waals surface area contributed by atoms with Gasteiger partial charge in [-0.25, -0.2) is 0 Å². The maximum Gasteiger partial charge on any atom is 0.325 e. The van der Waals surface area contributed by atoms with Crippen LogP contribution in [0.15, 0.2) is 11.8 Å². The number of nitrogens with one attached hydrogen (secondary N) is 2. The normalized spacial score (nSPS) is 18.2. The van der Waals surface area contributed by atoms with Crippen molar-refractivity contribution in [3.63, 3.8) is 0 Å². The van der Waals surface area contributed by atoms with Crippen LogP contribution >= 0.6 is 0 Å². The Hall–Kier alpha value is -2.03. The van der Waals surface area contributed by atoms with Crippen molar-refractivity contribution in [3.05, 3.63) is 11.8 Å². The molecule has 3 N–H and O–H groups in total. The topological polar surface area (TPSA) is 102 Å². The SMILES string of the molecule is CC(N/C=C(/C#N)C(=O)NC1CCCCC1)C(=O)O. The molecule has 1 rings (SSSR count). The van der Waals surface area contributed by atoms with E-state index in [2.05, 4.69) is 10.6 Å². The molecule has 0 radical (unpaired) electrons. The molecule has 0 heterocycles.